The molecule has 0 saturated carbocycles. The standard InChI is InChI=1S/C42H52N8O6/c1-23(2)34(47-41(53)54)39(51)50-20-8-12-33(50)38-44-30-10-6-9-28-21-27(17-18-29(28)36(30)46-38)25-13-15-26(16-14-25)31-22-43-37(45-31)32-11-7-19-49(32)40(52)35(24(3)4)48-42(55)56-5/h13-18,21-24,32-35,47H,6-12,19-20H2,1-5H3,(H,43,45)(H,44,46)(H,48,55)(H,53,54)/t32-,33-,34-,35-/m0/s1. The number of hydrogen-bond donors (Lipinski definition) is 5. The maximum atomic E-state index is 13.6. The number of carboxylic acid groups (broad SMARTS) is 1. The zero-order valence-electron chi connectivity index (χ0n) is 32.7. The van der Waals surface area contributed by atoms with Crippen molar-refractivity contribution in [1.82, 2.24) is 40.4 Å². The molecule has 2 saturated heterocycles. The van der Waals surface area contributed by atoms with E-state index in [0.29, 0.717) is 13.1 Å². The molecule has 4 heterocycles. The lowest BCUT2D eigenvalue weighted by Gasteiger charge is -2.29. The van der Waals surface area contributed by atoms with Crippen LogP contribution in [0.5, 0.6) is 0 Å². The van der Waals surface area contributed by atoms with Gasteiger partial charge >= 0.3 is 12.2 Å². The molecule has 5 N–H and O–H groups in total. The van der Waals surface area contributed by atoms with E-state index < -0.39 is 24.3 Å². The van der Waals surface area contributed by atoms with Crippen molar-refractivity contribution in [3.8, 4) is 33.6 Å². The number of aryl methyl sites for hydroxylation is 2. The second-order valence-electron chi connectivity index (χ2n) is 15.8. The molecule has 4 amide bonds. The monoisotopic (exact) mass is 764 g/mol. The SMILES string of the molecule is COC(=O)N[C@H](C(=O)N1CCC[C@H]1c1nc(-c2ccc(-c3ccc4c(c3)CCCc3nc([C@@H]5CCCN5C(=O)[C@@H](NC(=O)O)C(C)C)[nH]c3-4)cc2)c[nH]1)C(C)C. The predicted octanol–water partition coefficient (Wildman–Crippen LogP) is 6.62. The minimum absolute atomic E-state index is 0.106. The van der Waals surface area contributed by atoms with Crippen LogP contribution >= 0.6 is 0 Å². The normalized spacial score (nSPS) is 19.0. The maximum Gasteiger partial charge on any atom is 0.407 e. The molecule has 2 aliphatic heterocycles. The molecule has 0 unspecified atom stereocenters. The molecule has 7 rings (SSSR count). The van der Waals surface area contributed by atoms with E-state index in [4.69, 9.17) is 14.7 Å². The van der Waals surface area contributed by atoms with Crippen molar-refractivity contribution in [1.29, 1.82) is 0 Å². The summed E-state index contributed by atoms with van der Waals surface area (Å²) in [5.41, 5.74) is 8.30. The smallest absolute Gasteiger partial charge is 0.407 e. The van der Waals surface area contributed by atoms with Gasteiger partial charge < -0.3 is 40.2 Å². The fourth-order valence-corrected chi connectivity index (χ4v) is 8.48. The number of imidazole rings is 2. The fourth-order valence-electron chi connectivity index (χ4n) is 8.48. The van der Waals surface area contributed by atoms with Crippen molar-refractivity contribution in [2.45, 2.75) is 96.8 Å². The Balaban J connectivity index is 1.07. The predicted molar refractivity (Wildman–Crippen MR) is 210 cm³/mol. The summed E-state index contributed by atoms with van der Waals surface area (Å²) in [4.78, 5) is 71.1. The van der Waals surface area contributed by atoms with Crippen molar-refractivity contribution in [3.63, 3.8) is 0 Å². The highest BCUT2D eigenvalue weighted by Gasteiger charge is 2.39. The largest absolute Gasteiger partial charge is 0.465 e. The van der Waals surface area contributed by atoms with Gasteiger partial charge in [-0.1, -0.05) is 70.2 Å². The summed E-state index contributed by atoms with van der Waals surface area (Å²) in [6.45, 7) is 8.66. The van der Waals surface area contributed by atoms with Crippen molar-refractivity contribution in [2.24, 2.45) is 11.8 Å². The molecular formula is C42H52N8O6. The number of H-pyrrole nitrogens is 2. The number of nitrogens with zero attached hydrogens (tertiary/aromatic N) is 4. The van der Waals surface area contributed by atoms with Crippen LogP contribution in [0.25, 0.3) is 33.6 Å². The lowest BCUT2D eigenvalue weighted by atomic mass is 9.95. The Hall–Kier alpha value is -5.66. The van der Waals surface area contributed by atoms with Crippen LogP contribution in [0.2, 0.25) is 0 Å². The van der Waals surface area contributed by atoms with Crippen LogP contribution < -0.4 is 10.6 Å². The van der Waals surface area contributed by atoms with Crippen LogP contribution in [0.4, 0.5) is 9.59 Å². The quantitative estimate of drug-likeness (QED) is 0.119. The molecular weight excluding hydrogens is 713 g/mol. The second-order valence-corrected chi connectivity index (χ2v) is 15.8. The number of likely N-dealkylation sites (tertiary alicyclic amines) is 2. The van der Waals surface area contributed by atoms with Crippen LogP contribution in [0.1, 0.15) is 94.8 Å². The third-order valence-electron chi connectivity index (χ3n) is 11.4. The number of aromatic nitrogens is 4. The average Bonchev–Trinajstić information content (AvgIpc) is 4.01. The van der Waals surface area contributed by atoms with Gasteiger partial charge in [0.05, 0.1) is 36.3 Å². The van der Waals surface area contributed by atoms with Gasteiger partial charge in [0.2, 0.25) is 11.8 Å². The summed E-state index contributed by atoms with van der Waals surface area (Å²) in [6, 6.07) is 13.0. The highest BCUT2D eigenvalue weighted by Crippen LogP contribution is 2.39. The highest BCUT2D eigenvalue weighted by atomic mass is 16.5. The number of ether oxygens (including phenoxy) is 1. The maximum absolute atomic E-state index is 13.6. The lowest BCUT2D eigenvalue weighted by molar-refractivity contribution is -0.136. The molecule has 2 aromatic carbocycles. The number of carbonyl (C=O) groups is 4. The number of alkyl carbamates (subject to hydrolysis) is 1. The first kappa shape index (κ1) is 38.6. The van der Waals surface area contributed by atoms with Gasteiger partial charge in [-0.25, -0.2) is 19.6 Å². The van der Waals surface area contributed by atoms with Crippen LogP contribution in [-0.2, 0) is 27.2 Å². The molecule has 296 valence electrons. The van der Waals surface area contributed by atoms with Crippen LogP contribution in [0.3, 0.4) is 0 Å². The van der Waals surface area contributed by atoms with Gasteiger partial charge in [0.25, 0.3) is 0 Å². The van der Waals surface area contributed by atoms with Gasteiger partial charge in [0, 0.05) is 30.4 Å². The third kappa shape index (κ3) is 7.74. The first-order valence-corrected chi connectivity index (χ1v) is 19.8. The Kier molecular flexibility index (Phi) is 11.2. The molecule has 3 aliphatic rings. The van der Waals surface area contributed by atoms with Gasteiger partial charge in [-0.3, -0.25) is 9.59 Å². The Labute approximate surface area is 326 Å². The Morgan fingerprint density at radius 1 is 0.786 bits per heavy atom. The van der Waals surface area contributed by atoms with Crippen molar-refractivity contribution in [2.75, 3.05) is 20.2 Å². The molecule has 0 bridgehead atoms. The van der Waals surface area contributed by atoms with Gasteiger partial charge in [0.15, 0.2) is 0 Å². The van der Waals surface area contributed by atoms with Crippen molar-refractivity contribution < 1.29 is 29.0 Å². The molecule has 4 aromatic rings. The number of hydrogen-bond acceptors (Lipinski definition) is 7. The zero-order chi connectivity index (χ0) is 39.7. The Morgan fingerprint density at radius 3 is 2.02 bits per heavy atom. The molecule has 14 nitrogen and oxygen atoms in total. The number of carbonyl (C=O) groups excluding carboxylic acids is 3. The fraction of sp³-hybridized carbons (Fsp3) is 0.476. The number of methoxy groups -OCH3 is 1. The zero-order valence-corrected chi connectivity index (χ0v) is 32.7. The minimum atomic E-state index is -1.20. The lowest BCUT2D eigenvalue weighted by Crippen LogP contribution is -2.51. The van der Waals surface area contributed by atoms with E-state index in [0.717, 1.165) is 95.9 Å². The number of amides is 4. The van der Waals surface area contributed by atoms with E-state index in [-0.39, 0.29) is 35.7 Å². The van der Waals surface area contributed by atoms with Crippen LogP contribution in [-0.4, -0.2) is 91.1 Å². The summed E-state index contributed by atoms with van der Waals surface area (Å²) in [6.07, 6.45) is 5.97. The third-order valence-corrected chi connectivity index (χ3v) is 11.4. The number of benzene rings is 2. The molecule has 0 spiro atoms. The van der Waals surface area contributed by atoms with Gasteiger partial charge in [0.1, 0.15) is 23.7 Å². The van der Waals surface area contributed by atoms with Crippen LogP contribution in [0.15, 0.2) is 48.7 Å². The van der Waals surface area contributed by atoms with Gasteiger partial charge in [-0.05, 0) is 73.5 Å². The molecule has 14 heteroatoms. The number of fused-ring (bicyclic) bond motifs is 3. The molecule has 0 radical (unpaired) electrons. The highest BCUT2D eigenvalue weighted by molar-refractivity contribution is 5.87. The van der Waals surface area contributed by atoms with Crippen molar-refractivity contribution in [3.05, 3.63) is 71.6 Å². The second kappa shape index (κ2) is 16.2. The summed E-state index contributed by atoms with van der Waals surface area (Å²) in [5.74, 6) is 0.849. The molecule has 2 fully saturated rings. The summed E-state index contributed by atoms with van der Waals surface area (Å²) in [5, 5.41) is 14.5. The molecule has 56 heavy (non-hydrogen) atoms. The molecule has 1 aliphatic carbocycles. The first-order chi connectivity index (χ1) is 26.9. The van der Waals surface area contributed by atoms with E-state index in [1.165, 1.54) is 12.7 Å². The topological polar surface area (TPSA) is 186 Å². The number of aromatic amines is 2. The summed E-state index contributed by atoms with van der Waals surface area (Å²) >= 11 is 0. The first-order valence-electron chi connectivity index (χ1n) is 19.8. The summed E-state index contributed by atoms with van der Waals surface area (Å²) in [7, 11) is 1.29. The molecule has 2 aromatic heterocycles. The van der Waals surface area contributed by atoms with Gasteiger partial charge in [-0.15, -0.1) is 0 Å². The number of nitrogens with one attached hydrogen (secondary N) is 4. The average molecular weight is 765 g/mol. The Bertz CT molecular complexity index is 2090. The summed E-state index contributed by atoms with van der Waals surface area (Å²) < 4.78 is 4.76. The van der Waals surface area contributed by atoms with E-state index in [2.05, 4.69) is 63.1 Å². The molecule has 4 atom stereocenters. The van der Waals surface area contributed by atoms with E-state index in [1.807, 2.05) is 38.8 Å². The van der Waals surface area contributed by atoms with Crippen molar-refractivity contribution >= 4 is 24.0 Å². The van der Waals surface area contributed by atoms with E-state index in [1.54, 1.807) is 4.90 Å². The minimum Gasteiger partial charge on any atom is -0.465 e. The van der Waals surface area contributed by atoms with Crippen LogP contribution in [0, 0.1) is 11.8 Å². The van der Waals surface area contributed by atoms with E-state index in [9.17, 15) is 24.3 Å². The number of rotatable bonds is 10. The Morgan fingerprint density at radius 2 is 1.39 bits per heavy atom. The van der Waals surface area contributed by atoms with Gasteiger partial charge in [-0.2, -0.15) is 0 Å². The van der Waals surface area contributed by atoms with E-state index >= 15 is 0 Å².